The highest BCUT2D eigenvalue weighted by Crippen LogP contribution is 2.56. The molecule has 0 heterocycles. The molecule has 0 spiro atoms. The summed E-state index contributed by atoms with van der Waals surface area (Å²) in [5.74, 6) is 0.155. The van der Waals surface area contributed by atoms with E-state index in [1.54, 1.807) is 19.1 Å². The summed E-state index contributed by atoms with van der Waals surface area (Å²) in [6, 6.07) is 17.1. The van der Waals surface area contributed by atoms with Crippen molar-refractivity contribution in [3.63, 3.8) is 0 Å². The Morgan fingerprint density at radius 1 is 0.853 bits per heavy atom. The smallest absolute Gasteiger partial charge is 0.347 e. The van der Waals surface area contributed by atoms with Gasteiger partial charge in [0.2, 0.25) is 0 Å². The van der Waals surface area contributed by atoms with Gasteiger partial charge < -0.3 is 18.5 Å². The molecule has 188 valence electrons. The molecule has 0 N–H and O–H groups in total. The van der Waals surface area contributed by atoms with Crippen molar-refractivity contribution in [3.8, 4) is 5.75 Å². The molecule has 0 saturated carbocycles. The number of carbonyl (C=O) groups excluding carboxylic acids is 1. The SMILES string of the molecule is CCOC(=O)C(CCc1ccccc1)Oc1ccc(CP(=O)(OC(C)(C)C)OC(C)(C)C)cc1. The van der Waals surface area contributed by atoms with Crippen molar-refractivity contribution in [3.05, 3.63) is 65.7 Å². The summed E-state index contributed by atoms with van der Waals surface area (Å²) in [6.07, 6.45) is 0.612. The van der Waals surface area contributed by atoms with E-state index in [1.165, 1.54) is 0 Å². The first-order chi connectivity index (χ1) is 15.8. The van der Waals surface area contributed by atoms with Gasteiger partial charge in [0.15, 0.2) is 6.10 Å². The molecule has 0 aliphatic heterocycles. The van der Waals surface area contributed by atoms with E-state index < -0.39 is 24.9 Å². The molecule has 0 fully saturated rings. The highest BCUT2D eigenvalue weighted by molar-refractivity contribution is 7.53. The quantitative estimate of drug-likeness (QED) is 0.251. The van der Waals surface area contributed by atoms with E-state index in [2.05, 4.69) is 0 Å². The fraction of sp³-hybridized carbons (Fsp3) is 0.519. The Morgan fingerprint density at radius 3 is 1.91 bits per heavy atom. The van der Waals surface area contributed by atoms with Gasteiger partial charge in [-0.25, -0.2) is 4.79 Å². The van der Waals surface area contributed by atoms with Crippen molar-refractivity contribution >= 4 is 13.6 Å². The van der Waals surface area contributed by atoms with E-state index in [-0.39, 0.29) is 12.1 Å². The van der Waals surface area contributed by atoms with Crippen molar-refractivity contribution in [2.45, 2.75) is 84.8 Å². The van der Waals surface area contributed by atoms with Gasteiger partial charge >= 0.3 is 13.6 Å². The molecule has 0 aliphatic carbocycles. The molecule has 34 heavy (non-hydrogen) atoms. The molecule has 2 rings (SSSR count). The Morgan fingerprint density at radius 2 is 1.41 bits per heavy atom. The van der Waals surface area contributed by atoms with Gasteiger partial charge in [-0.15, -0.1) is 0 Å². The molecule has 0 aliphatic rings. The van der Waals surface area contributed by atoms with Crippen LogP contribution in [0.4, 0.5) is 0 Å². The number of hydrogen-bond acceptors (Lipinski definition) is 6. The standard InChI is InChI=1S/C27H39O6P/c1-8-30-25(28)24(19-16-21-12-10-9-11-13-21)31-23-17-14-22(15-18-23)20-34(29,32-26(2,3)4)33-27(5,6)7/h9-15,17-18,24H,8,16,19-20H2,1-7H3. The Bertz CT molecular complexity index is 922. The molecule has 0 saturated heterocycles. The summed E-state index contributed by atoms with van der Waals surface area (Å²) < 4.78 is 36.5. The van der Waals surface area contributed by atoms with Gasteiger partial charge in [0.25, 0.3) is 0 Å². The first-order valence-corrected chi connectivity index (χ1v) is 13.5. The summed E-state index contributed by atoms with van der Waals surface area (Å²) in [4.78, 5) is 12.5. The Labute approximate surface area is 204 Å². The van der Waals surface area contributed by atoms with Crippen molar-refractivity contribution in [1.29, 1.82) is 0 Å². The second-order valence-electron chi connectivity index (χ2n) is 10.2. The van der Waals surface area contributed by atoms with Crippen LogP contribution in [0, 0.1) is 0 Å². The number of benzene rings is 2. The van der Waals surface area contributed by atoms with Crippen LogP contribution in [-0.4, -0.2) is 29.9 Å². The zero-order valence-corrected chi connectivity index (χ0v) is 22.4. The highest BCUT2D eigenvalue weighted by atomic mass is 31.2. The summed E-state index contributed by atoms with van der Waals surface area (Å²) in [6.45, 7) is 13.2. The van der Waals surface area contributed by atoms with Crippen LogP contribution in [0.25, 0.3) is 0 Å². The van der Waals surface area contributed by atoms with E-state index in [9.17, 15) is 9.36 Å². The number of esters is 1. The maximum absolute atomic E-state index is 13.5. The highest BCUT2D eigenvalue weighted by Gasteiger charge is 2.35. The average Bonchev–Trinajstić information content (AvgIpc) is 2.70. The molecule has 0 aromatic heterocycles. The first-order valence-electron chi connectivity index (χ1n) is 11.8. The second kappa shape index (κ2) is 12.0. The molecular formula is C27H39O6P. The van der Waals surface area contributed by atoms with Gasteiger partial charge in [0.05, 0.1) is 24.0 Å². The van der Waals surface area contributed by atoms with E-state index >= 15 is 0 Å². The fourth-order valence-electron chi connectivity index (χ4n) is 3.38. The van der Waals surface area contributed by atoms with Gasteiger partial charge in [0.1, 0.15) is 5.75 Å². The zero-order valence-electron chi connectivity index (χ0n) is 21.5. The minimum atomic E-state index is -3.41. The predicted molar refractivity (Wildman–Crippen MR) is 135 cm³/mol. The van der Waals surface area contributed by atoms with Crippen LogP contribution >= 0.6 is 7.60 Å². The first kappa shape index (κ1) is 28.1. The Kier molecular flexibility index (Phi) is 9.93. The summed E-state index contributed by atoms with van der Waals surface area (Å²) in [5.41, 5.74) is 0.690. The molecule has 0 bridgehead atoms. The van der Waals surface area contributed by atoms with Crippen molar-refractivity contribution in [1.82, 2.24) is 0 Å². The maximum Gasteiger partial charge on any atom is 0.347 e. The minimum Gasteiger partial charge on any atom is -0.479 e. The van der Waals surface area contributed by atoms with Crippen LogP contribution < -0.4 is 4.74 Å². The van der Waals surface area contributed by atoms with E-state index in [0.717, 1.165) is 11.1 Å². The monoisotopic (exact) mass is 490 g/mol. The van der Waals surface area contributed by atoms with Gasteiger partial charge in [0, 0.05) is 0 Å². The summed E-state index contributed by atoms with van der Waals surface area (Å²) >= 11 is 0. The van der Waals surface area contributed by atoms with Crippen LogP contribution in [0.3, 0.4) is 0 Å². The molecule has 1 unspecified atom stereocenters. The molecule has 0 amide bonds. The number of ether oxygens (including phenoxy) is 2. The third-order valence-corrected chi connectivity index (χ3v) is 6.90. The van der Waals surface area contributed by atoms with Crippen molar-refractivity contribution < 1.29 is 27.9 Å². The van der Waals surface area contributed by atoms with E-state index in [4.69, 9.17) is 18.5 Å². The molecule has 2 aromatic carbocycles. The molecule has 0 radical (unpaired) electrons. The molecule has 7 heteroatoms. The van der Waals surface area contributed by atoms with Crippen LogP contribution in [-0.2, 0) is 35.7 Å². The third kappa shape index (κ3) is 10.4. The van der Waals surface area contributed by atoms with Crippen LogP contribution in [0.5, 0.6) is 5.75 Å². The Hall–Kier alpha value is -2.14. The summed E-state index contributed by atoms with van der Waals surface area (Å²) in [5, 5.41) is 0. The fourth-order valence-corrected chi connectivity index (χ4v) is 5.87. The zero-order chi connectivity index (χ0) is 25.4. The number of hydrogen-bond donors (Lipinski definition) is 0. The lowest BCUT2D eigenvalue weighted by molar-refractivity contribution is -0.151. The third-order valence-electron chi connectivity index (χ3n) is 4.49. The number of aryl methyl sites for hydroxylation is 1. The average molecular weight is 491 g/mol. The van der Waals surface area contributed by atoms with Gasteiger partial charge in [-0.1, -0.05) is 42.5 Å². The lowest BCUT2D eigenvalue weighted by Crippen LogP contribution is -2.30. The van der Waals surface area contributed by atoms with Crippen LogP contribution in [0.1, 0.15) is 66.0 Å². The van der Waals surface area contributed by atoms with E-state index in [0.29, 0.717) is 25.2 Å². The maximum atomic E-state index is 13.5. The van der Waals surface area contributed by atoms with Crippen molar-refractivity contribution in [2.24, 2.45) is 0 Å². The largest absolute Gasteiger partial charge is 0.479 e. The number of rotatable bonds is 11. The molecule has 6 nitrogen and oxygen atoms in total. The lowest BCUT2D eigenvalue weighted by Gasteiger charge is -2.32. The van der Waals surface area contributed by atoms with E-state index in [1.807, 2.05) is 84.0 Å². The summed E-state index contributed by atoms with van der Waals surface area (Å²) in [7, 11) is -3.41. The molecule has 1 atom stereocenters. The lowest BCUT2D eigenvalue weighted by atomic mass is 10.1. The minimum absolute atomic E-state index is 0.136. The molecule has 2 aromatic rings. The van der Waals surface area contributed by atoms with Crippen LogP contribution in [0.2, 0.25) is 0 Å². The van der Waals surface area contributed by atoms with Crippen LogP contribution in [0.15, 0.2) is 54.6 Å². The predicted octanol–water partition coefficient (Wildman–Crippen LogP) is 6.95. The Balaban J connectivity index is 2.12. The van der Waals surface area contributed by atoms with Gasteiger partial charge in [-0.2, -0.15) is 0 Å². The number of carbonyl (C=O) groups is 1. The second-order valence-corrected chi connectivity index (χ2v) is 12.1. The normalized spacial score (nSPS) is 13.4. The molecular weight excluding hydrogens is 451 g/mol. The van der Waals surface area contributed by atoms with Gasteiger partial charge in [-0.3, -0.25) is 4.57 Å². The van der Waals surface area contributed by atoms with Crippen molar-refractivity contribution in [2.75, 3.05) is 6.61 Å². The van der Waals surface area contributed by atoms with Gasteiger partial charge in [-0.05, 0) is 84.6 Å². The topological polar surface area (TPSA) is 71.1 Å².